The molecule has 0 saturated carbocycles. The van der Waals surface area contributed by atoms with Crippen LogP contribution in [0.5, 0.6) is 0 Å². The van der Waals surface area contributed by atoms with E-state index in [-0.39, 0.29) is 18.3 Å². The van der Waals surface area contributed by atoms with Crippen molar-refractivity contribution in [3.63, 3.8) is 0 Å². The number of halogens is 1. The number of anilines is 1. The van der Waals surface area contributed by atoms with Crippen LogP contribution in [-0.4, -0.2) is 46.8 Å². The molecule has 8 heteroatoms. The van der Waals surface area contributed by atoms with Crippen LogP contribution in [0.3, 0.4) is 0 Å². The Hall–Kier alpha value is -3.06. The third-order valence-electron chi connectivity index (χ3n) is 4.72. The van der Waals surface area contributed by atoms with E-state index in [9.17, 15) is 9.59 Å². The topological polar surface area (TPSA) is 71.6 Å². The number of amides is 1. The van der Waals surface area contributed by atoms with Crippen LogP contribution in [0, 0.1) is 0 Å². The molecule has 3 aromatic rings. The van der Waals surface area contributed by atoms with Gasteiger partial charge in [0.25, 0.3) is 0 Å². The number of benzene rings is 2. The van der Waals surface area contributed by atoms with Gasteiger partial charge in [0.15, 0.2) is 0 Å². The van der Waals surface area contributed by atoms with Crippen LogP contribution in [0.2, 0.25) is 5.02 Å². The lowest BCUT2D eigenvalue weighted by molar-refractivity contribution is -0.132. The minimum atomic E-state index is -0.634. The Morgan fingerprint density at radius 3 is 2.50 bits per heavy atom. The molecule has 1 aromatic heterocycles. The van der Waals surface area contributed by atoms with Crippen LogP contribution in [0.4, 0.5) is 5.69 Å². The van der Waals surface area contributed by atoms with E-state index in [2.05, 4.69) is 10.00 Å². The summed E-state index contributed by atoms with van der Waals surface area (Å²) >= 11 is 6.06. The van der Waals surface area contributed by atoms with Gasteiger partial charge in [0.1, 0.15) is 6.54 Å². The smallest absolute Gasteiger partial charge is 0.388 e. The van der Waals surface area contributed by atoms with Crippen molar-refractivity contribution in [2.75, 3.05) is 31.1 Å². The molecule has 1 amide bonds. The maximum absolute atomic E-state index is 12.6. The first-order valence-electron chi connectivity index (χ1n) is 9.02. The summed E-state index contributed by atoms with van der Waals surface area (Å²) in [5, 5.41) is 4.84. The van der Waals surface area contributed by atoms with Crippen LogP contribution >= 0.6 is 11.6 Å². The number of piperazine rings is 1. The van der Waals surface area contributed by atoms with Crippen LogP contribution in [0.1, 0.15) is 0 Å². The molecule has 144 valence electrons. The van der Waals surface area contributed by atoms with E-state index in [4.69, 9.17) is 16.0 Å². The molecule has 0 atom stereocenters. The van der Waals surface area contributed by atoms with Gasteiger partial charge in [0.05, 0.1) is 0 Å². The number of nitrogens with zero attached hydrogens (tertiary/aromatic N) is 4. The Balaban J connectivity index is 1.39. The van der Waals surface area contributed by atoms with Crippen LogP contribution in [0.25, 0.3) is 11.5 Å². The van der Waals surface area contributed by atoms with Gasteiger partial charge < -0.3 is 14.2 Å². The Kier molecular flexibility index (Phi) is 5.16. The number of hydrogen-bond donors (Lipinski definition) is 0. The maximum atomic E-state index is 12.6. The van der Waals surface area contributed by atoms with Gasteiger partial charge in [0.2, 0.25) is 11.8 Å². The molecule has 0 N–H and O–H groups in total. The largest absolute Gasteiger partial charge is 0.437 e. The molecule has 4 rings (SSSR count). The summed E-state index contributed by atoms with van der Waals surface area (Å²) in [5.41, 5.74) is 1.74. The van der Waals surface area contributed by atoms with Crippen molar-refractivity contribution in [3.05, 3.63) is 70.2 Å². The van der Waals surface area contributed by atoms with Crippen molar-refractivity contribution in [2.45, 2.75) is 6.54 Å². The molecular formula is C20H19ClN4O3. The number of hydrogen-bond acceptors (Lipinski definition) is 5. The third-order valence-corrected chi connectivity index (χ3v) is 4.95. The average molecular weight is 399 g/mol. The Morgan fingerprint density at radius 1 is 1.04 bits per heavy atom. The quantitative estimate of drug-likeness (QED) is 0.675. The SMILES string of the molecule is O=C(Cn1nc(-c2ccccc2)oc1=O)N1CCN(c2cccc(Cl)c2)CC1. The lowest BCUT2D eigenvalue weighted by atomic mass is 10.2. The van der Waals surface area contributed by atoms with Crippen molar-refractivity contribution in [2.24, 2.45) is 0 Å². The first kappa shape index (κ1) is 18.3. The summed E-state index contributed by atoms with van der Waals surface area (Å²) in [7, 11) is 0. The van der Waals surface area contributed by atoms with Crippen molar-refractivity contribution < 1.29 is 9.21 Å². The van der Waals surface area contributed by atoms with Crippen molar-refractivity contribution in [3.8, 4) is 11.5 Å². The van der Waals surface area contributed by atoms with Gasteiger partial charge in [-0.1, -0.05) is 35.9 Å². The first-order chi connectivity index (χ1) is 13.6. The standard InChI is InChI=1S/C20H19ClN4O3/c21-16-7-4-8-17(13-16)23-9-11-24(12-10-23)18(26)14-25-20(27)28-19(22-25)15-5-2-1-3-6-15/h1-8,13H,9-12,14H2. The zero-order chi connectivity index (χ0) is 19.5. The van der Waals surface area contributed by atoms with E-state index < -0.39 is 5.76 Å². The molecule has 2 aromatic carbocycles. The van der Waals surface area contributed by atoms with Gasteiger partial charge >= 0.3 is 5.76 Å². The second kappa shape index (κ2) is 7.90. The Morgan fingerprint density at radius 2 is 1.79 bits per heavy atom. The zero-order valence-corrected chi connectivity index (χ0v) is 15.9. The summed E-state index contributed by atoms with van der Waals surface area (Å²) < 4.78 is 6.26. The molecule has 0 spiro atoms. The summed E-state index contributed by atoms with van der Waals surface area (Å²) in [5.74, 6) is -0.574. The Bertz CT molecular complexity index is 1020. The fourth-order valence-electron chi connectivity index (χ4n) is 3.22. The molecule has 7 nitrogen and oxygen atoms in total. The highest BCUT2D eigenvalue weighted by molar-refractivity contribution is 6.30. The number of carbonyl (C=O) groups is 1. The fraction of sp³-hybridized carbons (Fsp3) is 0.250. The van der Waals surface area contributed by atoms with Crippen LogP contribution in [0.15, 0.2) is 63.8 Å². The van der Waals surface area contributed by atoms with Crippen LogP contribution in [-0.2, 0) is 11.3 Å². The zero-order valence-electron chi connectivity index (χ0n) is 15.1. The molecule has 2 heterocycles. The highest BCUT2D eigenvalue weighted by Crippen LogP contribution is 2.21. The lowest BCUT2D eigenvalue weighted by Gasteiger charge is -2.36. The van der Waals surface area contributed by atoms with E-state index in [1.165, 1.54) is 0 Å². The van der Waals surface area contributed by atoms with Gasteiger partial charge in [-0.3, -0.25) is 4.79 Å². The van der Waals surface area contributed by atoms with E-state index >= 15 is 0 Å². The van der Waals surface area contributed by atoms with Crippen molar-refractivity contribution >= 4 is 23.2 Å². The monoisotopic (exact) mass is 398 g/mol. The molecule has 1 saturated heterocycles. The summed E-state index contributed by atoms with van der Waals surface area (Å²) in [4.78, 5) is 28.6. The predicted octanol–water partition coefficient (Wildman–Crippen LogP) is 2.51. The molecule has 28 heavy (non-hydrogen) atoms. The van der Waals surface area contributed by atoms with Gasteiger partial charge in [-0.25, -0.2) is 4.79 Å². The van der Waals surface area contributed by atoms with E-state index in [1.54, 1.807) is 17.0 Å². The highest BCUT2D eigenvalue weighted by atomic mass is 35.5. The van der Waals surface area contributed by atoms with E-state index in [0.29, 0.717) is 36.8 Å². The van der Waals surface area contributed by atoms with Gasteiger partial charge in [-0.15, -0.1) is 5.10 Å². The Labute approximate surface area is 166 Å². The van der Waals surface area contributed by atoms with Gasteiger partial charge in [0, 0.05) is 42.5 Å². The molecular weight excluding hydrogens is 380 g/mol. The van der Waals surface area contributed by atoms with E-state index in [1.807, 2.05) is 42.5 Å². The average Bonchev–Trinajstić information content (AvgIpc) is 3.09. The van der Waals surface area contributed by atoms with Gasteiger partial charge in [-0.05, 0) is 30.3 Å². The normalized spacial score (nSPS) is 14.3. The molecule has 1 aliphatic rings. The molecule has 0 radical (unpaired) electrons. The maximum Gasteiger partial charge on any atom is 0.437 e. The molecule has 0 bridgehead atoms. The fourth-order valence-corrected chi connectivity index (χ4v) is 3.40. The minimum Gasteiger partial charge on any atom is -0.388 e. The highest BCUT2D eigenvalue weighted by Gasteiger charge is 2.23. The molecule has 0 aliphatic carbocycles. The first-order valence-corrected chi connectivity index (χ1v) is 9.39. The summed E-state index contributed by atoms with van der Waals surface area (Å²) in [6.45, 7) is 2.42. The lowest BCUT2D eigenvalue weighted by Crippen LogP contribution is -2.50. The second-order valence-electron chi connectivity index (χ2n) is 6.54. The second-order valence-corrected chi connectivity index (χ2v) is 6.98. The van der Waals surface area contributed by atoms with Crippen molar-refractivity contribution in [1.29, 1.82) is 0 Å². The van der Waals surface area contributed by atoms with Crippen LogP contribution < -0.4 is 10.7 Å². The molecule has 1 aliphatic heterocycles. The summed E-state index contributed by atoms with van der Waals surface area (Å²) in [6.07, 6.45) is 0. The third kappa shape index (κ3) is 3.94. The minimum absolute atomic E-state index is 0.133. The molecule has 1 fully saturated rings. The van der Waals surface area contributed by atoms with Crippen molar-refractivity contribution in [1.82, 2.24) is 14.7 Å². The number of aromatic nitrogens is 2. The summed E-state index contributed by atoms with van der Waals surface area (Å²) in [6, 6.07) is 16.8. The molecule has 0 unspecified atom stereocenters. The number of rotatable bonds is 4. The number of carbonyl (C=O) groups excluding carboxylic acids is 1. The predicted molar refractivity (Wildman–Crippen MR) is 106 cm³/mol. The van der Waals surface area contributed by atoms with E-state index in [0.717, 1.165) is 10.4 Å². The van der Waals surface area contributed by atoms with Gasteiger partial charge in [-0.2, -0.15) is 4.68 Å².